The van der Waals surface area contributed by atoms with Crippen LogP contribution >= 0.6 is 0 Å². The van der Waals surface area contributed by atoms with Crippen molar-refractivity contribution in [2.45, 2.75) is 39.2 Å². The van der Waals surface area contributed by atoms with Crippen molar-refractivity contribution in [2.75, 3.05) is 7.05 Å². The Morgan fingerprint density at radius 3 is 2.87 bits per heavy atom. The molecule has 0 saturated heterocycles. The van der Waals surface area contributed by atoms with Crippen molar-refractivity contribution in [3.8, 4) is 0 Å². The van der Waals surface area contributed by atoms with Gasteiger partial charge in [-0.25, -0.2) is 0 Å². The van der Waals surface area contributed by atoms with E-state index in [0.717, 1.165) is 6.42 Å². The molecule has 1 nitrogen and oxygen atoms in total. The highest BCUT2D eigenvalue weighted by molar-refractivity contribution is 5.33. The zero-order chi connectivity index (χ0) is 11.3. The molecule has 1 heteroatoms. The van der Waals surface area contributed by atoms with Gasteiger partial charge in [0, 0.05) is 6.04 Å². The van der Waals surface area contributed by atoms with Gasteiger partial charge in [0.05, 0.1) is 0 Å². The van der Waals surface area contributed by atoms with Crippen molar-refractivity contribution < 1.29 is 0 Å². The van der Waals surface area contributed by atoms with Crippen molar-refractivity contribution in [3.63, 3.8) is 0 Å². The average Bonchev–Trinajstić information content (AvgIpc) is 2.28. The first-order chi connectivity index (χ1) is 7.19. The summed E-state index contributed by atoms with van der Waals surface area (Å²) in [5, 5.41) is 3.30. The molecule has 0 aliphatic heterocycles. The van der Waals surface area contributed by atoms with Crippen LogP contribution in [0.2, 0.25) is 0 Å². The second-order valence-electron chi connectivity index (χ2n) is 4.41. The van der Waals surface area contributed by atoms with Crippen LogP contribution in [0, 0.1) is 5.92 Å². The minimum atomic E-state index is 0.522. The van der Waals surface area contributed by atoms with E-state index in [4.69, 9.17) is 0 Å². The summed E-state index contributed by atoms with van der Waals surface area (Å²) in [5.74, 6) is 0.522. The number of rotatable bonds is 5. The van der Waals surface area contributed by atoms with Gasteiger partial charge in [0.1, 0.15) is 0 Å². The summed E-state index contributed by atoms with van der Waals surface area (Å²) in [6.45, 7) is 8.37. The lowest BCUT2D eigenvalue weighted by Gasteiger charge is -2.22. The number of nitrogens with one attached hydrogen (secondary N) is 1. The first kappa shape index (κ1) is 12.3. The topological polar surface area (TPSA) is 12.0 Å². The molecule has 0 amide bonds. The van der Waals surface area contributed by atoms with Crippen LogP contribution < -0.4 is 5.32 Å². The molecule has 15 heavy (non-hydrogen) atoms. The van der Waals surface area contributed by atoms with E-state index in [1.165, 1.54) is 18.4 Å². The molecule has 0 aromatic rings. The molecule has 1 aliphatic carbocycles. The fourth-order valence-corrected chi connectivity index (χ4v) is 2.03. The van der Waals surface area contributed by atoms with Gasteiger partial charge in [-0.2, -0.15) is 0 Å². The summed E-state index contributed by atoms with van der Waals surface area (Å²) in [7, 11) is 2.02. The molecule has 0 fully saturated rings. The summed E-state index contributed by atoms with van der Waals surface area (Å²) in [4.78, 5) is 0. The molecule has 0 aromatic carbocycles. The molecule has 0 bridgehead atoms. The molecular formula is C14H23N. The summed E-state index contributed by atoms with van der Waals surface area (Å²) in [5.41, 5.74) is 3.09. The number of allylic oxidation sites excluding steroid dienone is 4. The van der Waals surface area contributed by atoms with Gasteiger partial charge in [0.25, 0.3) is 0 Å². The monoisotopic (exact) mass is 205 g/mol. The highest BCUT2D eigenvalue weighted by Crippen LogP contribution is 2.28. The predicted molar refractivity (Wildman–Crippen MR) is 67.9 cm³/mol. The lowest BCUT2D eigenvalue weighted by Crippen LogP contribution is -2.22. The average molecular weight is 205 g/mol. The van der Waals surface area contributed by atoms with Crippen LogP contribution in [0.5, 0.6) is 0 Å². The van der Waals surface area contributed by atoms with E-state index in [1.807, 2.05) is 7.05 Å². The van der Waals surface area contributed by atoms with Gasteiger partial charge < -0.3 is 5.32 Å². The Bertz CT molecular complexity index is 273. The molecule has 1 aliphatic rings. The normalized spacial score (nSPS) is 20.2. The lowest BCUT2D eigenvalue weighted by molar-refractivity contribution is 0.598. The standard InChI is InChI=1S/C14H23N/c1-5-11(2)14-9-7-6-8-13(14)10-12(3)15-4/h5-6,8,11-12,15H,1,7,9-10H2,2-4H3. The number of hydrogen-bond donors (Lipinski definition) is 1. The maximum Gasteiger partial charge on any atom is 0.00761 e. The summed E-state index contributed by atoms with van der Waals surface area (Å²) in [6.07, 6.45) is 10.2. The second-order valence-corrected chi connectivity index (χ2v) is 4.41. The second kappa shape index (κ2) is 5.92. The molecule has 84 valence electrons. The van der Waals surface area contributed by atoms with Gasteiger partial charge in [0.2, 0.25) is 0 Å². The van der Waals surface area contributed by atoms with Crippen LogP contribution in [-0.4, -0.2) is 13.1 Å². The van der Waals surface area contributed by atoms with Crippen LogP contribution in [0.1, 0.15) is 33.1 Å². The van der Waals surface area contributed by atoms with Gasteiger partial charge in [-0.3, -0.25) is 0 Å². The highest BCUT2D eigenvalue weighted by atomic mass is 14.8. The first-order valence-electron chi connectivity index (χ1n) is 5.87. The minimum absolute atomic E-state index is 0.522. The van der Waals surface area contributed by atoms with Gasteiger partial charge >= 0.3 is 0 Å². The van der Waals surface area contributed by atoms with Crippen molar-refractivity contribution in [1.82, 2.24) is 5.32 Å². The molecule has 2 atom stereocenters. The third-order valence-corrected chi connectivity index (χ3v) is 3.23. The summed E-state index contributed by atoms with van der Waals surface area (Å²) >= 11 is 0. The maximum absolute atomic E-state index is 3.90. The molecule has 0 spiro atoms. The Hall–Kier alpha value is -0.820. The van der Waals surface area contributed by atoms with Gasteiger partial charge in [0.15, 0.2) is 0 Å². The smallest absolute Gasteiger partial charge is 0.00761 e. The number of hydrogen-bond acceptors (Lipinski definition) is 1. The Morgan fingerprint density at radius 1 is 1.53 bits per heavy atom. The molecule has 1 rings (SSSR count). The van der Waals surface area contributed by atoms with Crippen LogP contribution in [0.25, 0.3) is 0 Å². The molecule has 0 saturated carbocycles. The van der Waals surface area contributed by atoms with Gasteiger partial charge in [-0.05, 0) is 44.7 Å². The highest BCUT2D eigenvalue weighted by Gasteiger charge is 2.14. The van der Waals surface area contributed by atoms with Gasteiger partial charge in [-0.1, -0.05) is 30.7 Å². The van der Waals surface area contributed by atoms with Crippen molar-refractivity contribution >= 4 is 0 Å². The molecule has 0 heterocycles. The van der Waals surface area contributed by atoms with Crippen LogP contribution in [0.4, 0.5) is 0 Å². The summed E-state index contributed by atoms with van der Waals surface area (Å²) in [6, 6.07) is 0.551. The van der Waals surface area contributed by atoms with Crippen LogP contribution in [0.15, 0.2) is 36.0 Å². The Morgan fingerprint density at radius 2 is 2.27 bits per heavy atom. The predicted octanol–water partition coefficient (Wildman–Crippen LogP) is 3.45. The fraction of sp³-hybridized carbons (Fsp3) is 0.571. The molecular weight excluding hydrogens is 182 g/mol. The lowest BCUT2D eigenvalue weighted by atomic mass is 9.86. The Labute approximate surface area is 94.0 Å². The zero-order valence-corrected chi connectivity index (χ0v) is 10.2. The minimum Gasteiger partial charge on any atom is -0.317 e. The first-order valence-corrected chi connectivity index (χ1v) is 5.87. The third-order valence-electron chi connectivity index (χ3n) is 3.23. The molecule has 1 N–H and O–H groups in total. The SMILES string of the molecule is C=CC(C)C1=C(CC(C)NC)C=CCC1. The van der Waals surface area contributed by atoms with E-state index in [9.17, 15) is 0 Å². The van der Waals surface area contributed by atoms with Crippen molar-refractivity contribution in [3.05, 3.63) is 36.0 Å². The fourth-order valence-electron chi connectivity index (χ4n) is 2.03. The van der Waals surface area contributed by atoms with E-state index in [0.29, 0.717) is 12.0 Å². The van der Waals surface area contributed by atoms with E-state index < -0.39 is 0 Å². The third kappa shape index (κ3) is 3.35. The molecule has 0 radical (unpaired) electrons. The van der Waals surface area contributed by atoms with E-state index >= 15 is 0 Å². The molecule has 0 aromatic heterocycles. The van der Waals surface area contributed by atoms with Crippen LogP contribution in [0.3, 0.4) is 0 Å². The quantitative estimate of drug-likeness (QED) is 0.678. The zero-order valence-electron chi connectivity index (χ0n) is 10.2. The van der Waals surface area contributed by atoms with Crippen molar-refractivity contribution in [1.29, 1.82) is 0 Å². The van der Waals surface area contributed by atoms with E-state index in [1.54, 1.807) is 5.57 Å². The molecule has 2 unspecified atom stereocenters. The maximum atomic E-state index is 3.90. The summed E-state index contributed by atoms with van der Waals surface area (Å²) < 4.78 is 0. The van der Waals surface area contributed by atoms with Crippen molar-refractivity contribution in [2.24, 2.45) is 5.92 Å². The largest absolute Gasteiger partial charge is 0.317 e. The van der Waals surface area contributed by atoms with Crippen LogP contribution in [-0.2, 0) is 0 Å². The van der Waals surface area contributed by atoms with E-state index in [-0.39, 0.29) is 0 Å². The van der Waals surface area contributed by atoms with E-state index in [2.05, 4.69) is 44.0 Å². The Kier molecular flexibility index (Phi) is 4.83. The Balaban J connectivity index is 2.81. The van der Waals surface area contributed by atoms with Gasteiger partial charge in [-0.15, -0.1) is 6.58 Å².